The van der Waals surface area contributed by atoms with Crippen LogP contribution in [0.2, 0.25) is 0 Å². The molecule has 1 saturated heterocycles. The van der Waals surface area contributed by atoms with Crippen LogP contribution in [0.15, 0.2) is 36.7 Å². The molecule has 1 unspecified atom stereocenters. The van der Waals surface area contributed by atoms with Gasteiger partial charge in [0.1, 0.15) is 5.69 Å². The molecule has 6 nitrogen and oxygen atoms in total. The molecular formula is C17H19F2N5O. The number of nitrogens with zero attached hydrogens (tertiary/aromatic N) is 4. The van der Waals surface area contributed by atoms with Gasteiger partial charge in [0.25, 0.3) is 5.91 Å². The third-order valence-corrected chi connectivity index (χ3v) is 4.23. The van der Waals surface area contributed by atoms with E-state index in [4.69, 9.17) is 0 Å². The van der Waals surface area contributed by atoms with Gasteiger partial charge < -0.3 is 10.2 Å². The number of carbonyl (C=O) groups excluding carboxylic acids is 1. The van der Waals surface area contributed by atoms with Crippen LogP contribution >= 0.6 is 0 Å². The first-order chi connectivity index (χ1) is 12.0. The summed E-state index contributed by atoms with van der Waals surface area (Å²) in [6, 6.07) is 6.27. The standard InChI is InChI=1S/C17H19F2N5O/c1-12-5-2-8-20-15(12)17(18,19)16(25)22-13-6-4-10-24(11-13)14-7-3-9-21-23-14/h2-3,5,7-9,13H,4,6,10-11H2,1H3,(H,22,25). The number of amides is 1. The van der Waals surface area contributed by atoms with Crippen molar-refractivity contribution < 1.29 is 13.6 Å². The molecule has 1 N–H and O–H groups in total. The fourth-order valence-electron chi connectivity index (χ4n) is 2.96. The van der Waals surface area contributed by atoms with Gasteiger partial charge in [-0.1, -0.05) is 6.07 Å². The van der Waals surface area contributed by atoms with Crippen molar-refractivity contribution in [2.24, 2.45) is 0 Å². The summed E-state index contributed by atoms with van der Waals surface area (Å²) in [7, 11) is 0. The van der Waals surface area contributed by atoms with Gasteiger partial charge in [-0.3, -0.25) is 9.78 Å². The van der Waals surface area contributed by atoms with E-state index in [0.29, 0.717) is 18.8 Å². The Morgan fingerprint density at radius 2 is 2.12 bits per heavy atom. The van der Waals surface area contributed by atoms with Gasteiger partial charge in [-0.15, -0.1) is 5.10 Å². The minimum absolute atomic E-state index is 0.285. The van der Waals surface area contributed by atoms with E-state index >= 15 is 0 Å². The molecule has 0 bridgehead atoms. The number of rotatable bonds is 4. The lowest BCUT2D eigenvalue weighted by atomic mass is 10.0. The predicted octanol–water partition coefficient (Wildman–Crippen LogP) is 2.06. The Morgan fingerprint density at radius 3 is 2.84 bits per heavy atom. The van der Waals surface area contributed by atoms with Crippen LogP contribution in [0.4, 0.5) is 14.6 Å². The van der Waals surface area contributed by atoms with Gasteiger partial charge in [0.2, 0.25) is 0 Å². The number of alkyl halides is 2. The van der Waals surface area contributed by atoms with E-state index in [-0.39, 0.29) is 11.6 Å². The molecule has 8 heteroatoms. The minimum atomic E-state index is -3.67. The molecular weight excluding hydrogens is 328 g/mol. The average Bonchev–Trinajstić information content (AvgIpc) is 2.63. The number of piperidine rings is 1. The van der Waals surface area contributed by atoms with E-state index in [1.165, 1.54) is 19.2 Å². The van der Waals surface area contributed by atoms with E-state index in [2.05, 4.69) is 20.5 Å². The Labute approximate surface area is 144 Å². The van der Waals surface area contributed by atoms with Crippen LogP contribution in [0.5, 0.6) is 0 Å². The number of hydrogen-bond acceptors (Lipinski definition) is 5. The third kappa shape index (κ3) is 3.72. The number of halogens is 2. The zero-order chi connectivity index (χ0) is 17.9. The highest BCUT2D eigenvalue weighted by molar-refractivity contribution is 5.85. The summed E-state index contributed by atoms with van der Waals surface area (Å²) in [5.74, 6) is -4.31. The Bertz CT molecular complexity index is 741. The van der Waals surface area contributed by atoms with Gasteiger partial charge >= 0.3 is 5.92 Å². The Morgan fingerprint density at radius 1 is 1.32 bits per heavy atom. The first-order valence-corrected chi connectivity index (χ1v) is 8.12. The second-order valence-corrected chi connectivity index (χ2v) is 6.08. The Balaban J connectivity index is 1.69. The smallest absolute Gasteiger partial charge is 0.353 e. The highest BCUT2D eigenvalue weighted by atomic mass is 19.3. The summed E-state index contributed by atoms with van der Waals surface area (Å²) in [6.45, 7) is 2.68. The molecule has 2 aromatic heterocycles. The summed E-state index contributed by atoms with van der Waals surface area (Å²) in [6.07, 6.45) is 4.25. The van der Waals surface area contributed by atoms with Gasteiger partial charge in [-0.25, -0.2) is 0 Å². The zero-order valence-electron chi connectivity index (χ0n) is 13.8. The summed E-state index contributed by atoms with van der Waals surface area (Å²) in [5.41, 5.74) is -0.221. The van der Waals surface area contributed by atoms with Crippen molar-refractivity contribution in [3.63, 3.8) is 0 Å². The summed E-state index contributed by atoms with van der Waals surface area (Å²) in [4.78, 5) is 17.8. The second-order valence-electron chi connectivity index (χ2n) is 6.08. The van der Waals surface area contributed by atoms with E-state index in [1.54, 1.807) is 18.3 Å². The lowest BCUT2D eigenvalue weighted by Crippen LogP contribution is -2.51. The fraction of sp³-hybridized carbons (Fsp3) is 0.412. The fourth-order valence-corrected chi connectivity index (χ4v) is 2.96. The van der Waals surface area contributed by atoms with Crippen molar-refractivity contribution in [3.05, 3.63) is 47.9 Å². The number of hydrogen-bond donors (Lipinski definition) is 1. The molecule has 1 amide bonds. The van der Waals surface area contributed by atoms with Crippen LogP contribution in [-0.2, 0) is 10.7 Å². The topological polar surface area (TPSA) is 71.0 Å². The predicted molar refractivity (Wildman–Crippen MR) is 88.3 cm³/mol. The van der Waals surface area contributed by atoms with Gasteiger partial charge in [0.05, 0.1) is 0 Å². The number of pyridine rings is 1. The van der Waals surface area contributed by atoms with E-state index in [1.807, 2.05) is 11.0 Å². The van der Waals surface area contributed by atoms with Crippen LogP contribution in [0.1, 0.15) is 24.1 Å². The maximum Gasteiger partial charge on any atom is 0.366 e. The maximum absolute atomic E-state index is 14.5. The lowest BCUT2D eigenvalue weighted by Gasteiger charge is -2.34. The molecule has 3 heterocycles. The molecule has 25 heavy (non-hydrogen) atoms. The van der Waals surface area contributed by atoms with Crippen molar-refractivity contribution in [1.82, 2.24) is 20.5 Å². The van der Waals surface area contributed by atoms with Crippen molar-refractivity contribution in [2.45, 2.75) is 31.7 Å². The molecule has 0 radical (unpaired) electrons. The van der Waals surface area contributed by atoms with Crippen LogP contribution in [0, 0.1) is 6.92 Å². The summed E-state index contributed by atoms with van der Waals surface area (Å²) >= 11 is 0. The van der Waals surface area contributed by atoms with Crippen molar-refractivity contribution in [1.29, 1.82) is 0 Å². The molecule has 0 aliphatic carbocycles. The molecule has 1 aliphatic rings. The SMILES string of the molecule is Cc1cccnc1C(F)(F)C(=O)NC1CCCN(c2cccnn2)C1. The number of carbonyl (C=O) groups is 1. The summed E-state index contributed by atoms with van der Waals surface area (Å²) in [5, 5.41) is 10.3. The highest BCUT2D eigenvalue weighted by Gasteiger charge is 2.44. The Hall–Kier alpha value is -2.64. The van der Waals surface area contributed by atoms with E-state index in [0.717, 1.165) is 13.0 Å². The van der Waals surface area contributed by atoms with Crippen LogP contribution in [0.3, 0.4) is 0 Å². The number of aryl methyl sites for hydroxylation is 1. The maximum atomic E-state index is 14.5. The zero-order valence-corrected chi connectivity index (χ0v) is 13.8. The molecule has 0 aromatic carbocycles. The summed E-state index contributed by atoms with van der Waals surface area (Å²) < 4.78 is 28.9. The average molecular weight is 347 g/mol. The van der Waals surface area contributed by atoms with Gasteiger partial charge in [0.15, 0.2) is 5.82 Å². The number of nitrogens with one attached hydrogen (secondary N) is 1. The molecule has 0 saturated carbocycles. The molecule has 1 aliphatic heterocycles. The van der Waals surface area contributed by atoms with Crippen LogP contribution in [-0.4, -0.2) is 40.2 Å². The lowest BCUT2D eigenvalue weighted by molar-refractivity contribution is -0.148. The molecule has 1 fully saturated rings. The van der Waals surface area contributed by atoms with Crippen molar-refractivity contribution in [2.75, 3.05) is 18.0 Å². The largest absolute Gasteiger partial charge is 0.366 e. The first kappa shape index (κ1) is 17.2. The Kier molecular flexibility index (Phi) is 4.87. The van der Waals surface area contributed by atoms with Gasteiger partial charge in [0, 0.05) is 31.5 Å². The third-order valence-electron chi connectivity index (χ3n) is 4.23. The molecule has 2 aromatic rings. The highest BCUT2D eigenvalue weighted by Crippen LogP contribution is 2.29. The van der Waals surface area contributed by atoms with Gasteiger partial charge in [-0.05, 0) is 43.5 Å². The van der Waals surface area contributed by atoms with Crippen molar-refractivity contribution >= 4 is 11.7 Å². The van der Waals surface area contributed by atoms with Crippen molar-refractivity contribution in [3.8, 4) is 0 Å². The van der Waals surface area contributed by atoms with E-state index < -0.39 is 17.5 Å². The second kappa shape index (κ2) is 7.08. The monoisotopic (exact) mass is 347 g/mol. The normalized spacial score (nSPS) is 18.0. The minimum Gasteiger partial charge on any atom is -0.353 e. The van der Waals surface area contributed by atoms with Crippen LogP contribution < -0.4 is 10.2 Å². The van der Waals surface area contributed by atoms with Crippen LogP contribution in [0.25, 0.3) is 0 Å². The molecule has 3 rings (SSSR count). The molecule has 1 atom stereocenters. The van der Waals surface area contributed by atoms with E-state index in [9.17, 15) is 13.6 Å². The van der Waals surface area contributed by atoms with Gasteiger partial charge in [-0.2, -0.15) is 13.9 Å². The first-order valence-electron chi connectivity index (χ1n) is 8.12. The molecule has 0 spiro atoms. The number of aromatic nitrogens is 3. The number of anilines is 1. The molecule has 132 valence electrons. The quantitative estimate of drug-likeness (QED) is 0.917.